The first-order valence-electron chi connectivity index (χ1n) is 7.38. The Morgan fingerprint density at radius 3 is 3.05 bits per heavy atom. The molecule has 0 bridgehead atoms. The van der Waals surface area contributed by atoms with Crippen LogP contribution in [0, 0.1) is 5.92 Å². The van der Waals surface area contributed by atoms with E-state index in [4.69, 9.17) is 15.0 Å². The molecule has 0 spiro atoms. The smallest absolute Gasteiger partial charge is 0.247 e. The zero-order valence-electron chi connectivity index (χ0n) is 12.5. The minimum atomic E-state index is -0.484. The van der Waals surface area contributed by atoms with Crippen molar-refractivity contribution in [3.8, 4) is 17.1 Å². The Bertz CT molecular complexity index is 625. The van der Waals surface area contributed by atoms with Crippen molar-refractivity contribution in [3.63, 3.8) is 0 Å². The molecule has 3 rings (SSSR count). The van der Waals surface area contributed by atoms with E-state index in [1.807, 2.05) is 24.3 Å². The lowest BCUT2D eigenvalue weighted by Gasteiger charge is -2.33. The molecule has 5 nitrogen and oxygen atoms in total. The molecule has 5 heteroatoms. The summed E-state index contributed by atoms with van der Waals surface area (Å²) >= 11 is 0. The Morgan fingerprint density at radius 1 is 1.43 bits per heavy atom. The highest BCUT2D eigenvalue weighted by atomic mass is 16.5. The SMILES string of the molecule is COc1cccc(-c2noc(C3(N)CCCC(C)C3)n2)c1. The highest BCUT2D eigenvalue weighted by Gasteiger charge is 2.37. The molecule has 1 aromatic heterocycles. The van der Waals surface area contributed by atoms with Gasteiger partial charge in [0.1, 0.15) is 5.75 Å². The van der Waals surface area contributed by atoms with E-state index in [9.17, 15) is 0 Å². The summed E-state index contributed by atoms with van der Waals surface area (Å²) in [7, 11) is 1.64. The number of aromatic nitrogens is 2. The summed E-state index contributed by atoms with van der Waals surface area (Å²) in [6, 6.07) is 7.62. The number of methoxy groups -OCH3 is 1. The van der Waals surface area contributed by atoms with Crippen LogP contribution in [0.25, 0.3) is 11.4 Å². The predicted molar refractivity (Wildman–Crippen MR) is 79.8 cm³/mol. The molecule has 112 valence electrons. The summed E-state index contributed by atoms with van der Waals surface area (Å²) < 4.78 is 10.7. The third-order valence-electron chi connectivity index (χ3n) is 4.21. The van der Waals surface area contributed by atoms with Gasteiger partial charge in [0.15, 0.2) is 0 Å². The van der Waals surface area contributed by atoms with Crippen LogP contribution in [0.1, 0.15) is 38.5 Å². The Hall–Kier alpha value is -1.88. The summed E-state index contributed by atoms with van der Waals surface area (Å²) in [6.07, 6.45) is 4.12. The van der Waals surface area contributed by atoms with Gasteiger partial charge in [0, 0.05) is 5.56 Å². The predicted octanol–water partition coefficient (Wildman–Crippen LogP) is 3.11. The maximum atomic E-state index is 6.50. The fourth-order valence-electron chi connectivity index (χ4n) is 3.09. The van der Waals surface area contributed by atoms with E-state index in [0.717, 1.165) is 30.6 Å². The van der Waals surface area contributed by atoms with Crippen LogP contribution in [-0.4, -0.2) is 17.3 Å². The number of ether oxygens (including phenoxy) is 1. The lowest BCUT2D eigenvalue weighted by Crippen LogP contribution is -2.41. The molecule has 2 unspecified atom stereocenters. The van der Waals surface area contributed by atoms with Crippen molar-refractivity contribution in [2.24, 2.45) is 11.7 Å². The second-order valence-electron chi connectivity index (χ2n) is 6.01. The van der Waals surface area contributed by atoms with Crippen LogP contribution in [0.5, 0.6) is 5.75 Å². The molecule has 2 N–H and O–H groups in total. The highest BCUT2D eigenvalue weighted by Crippen LogP contribution is 2.37. The van der Waals surface area contributed by atoms with Gasteiger partial charge in [0.2, 0.25) is 11.7 Å². The first kappa shape index (κ1) is 14.1. The average molecular weight is 287 g/mol. The number of nitrogens with zero attached hydrogens (tertiary/aromatic N) is 2. The van der Waals surface area contributed by atoms with Gasteiger partial charge in [-0.2, -0.15) is 4.98 Å². The second-order valence-corrected chi connectivity index (χ2v) is 6.01. The number of nitrogens with two attached hydrogens (primary N) is 1. The van der Waals surface area contributed by atoms with Crippen molar-refractivity contribution in [3.05, 3.63) is 30.2 Å². The van der Waals surface area contributed by atoms with Gasteiger partial charge in [0.05, 0.1) is 12.6 Å². The quantitative estimate of drug-likeness (QED) is 0.938. The summed E-state index contributed by atoms with van der Waals surface area (Å²) in [5, 5.41) is 4.09. The summed E-state index contributed by atoms with van der Waals surface area (Å²) in [5.74, 6) is 2.47. The van der Waals surface area contributed by atoms with Gasteiger partial charge in [-0.15, -0.1) is 0 Å². The molecule has 1 aliphatic carbocycles. The molecule has 1 fully saturated rings. The van der Waals surface area contributed by atoms with E-state index in [1.165, 1.54) is 6.42 Å². The van der Waals surface area contributed by atoms with E-state index < -0.39 is 5.54 Å². The molecule has 0 radical (unpaired) electrons. The lowest BCUT2D eigenvalue weighted by atomic mass is 9.77. The standard InChI is InChI=1S/C16H21N3O2/c1-11-5-4-8-16(17,10-11)15-18-14(19-21-15)12-6-3-7-13(9-12)20-2/h3,6-7,9,11H,4-5,8,10,17H2,1-2H3. The molecular weight excluding hydrogens is 266 g/mol. The first-order valence-corrected chi connectivity index (χ1v) is 7.38. The largest absolute Gasteiger partial charge is 0.497 e. The summed E-state index contributed by atoms with van der Waals surface area (Å²) in [5.41, 5.74) is 6.89. The van der Waals surface area contributed by atoms with Crippen molar-refractivity contribution >= 4 is 0 Å². The van der Waals surface area contributed by atoms with Crippen LogP contribution in [0.15, 0.2) is 28.8 Å². The first-order chi connectivity index (χ1) is 10.1. The van der Waals surface area contributed by atoms with Gasteiger partial charge in [-0.05, 0) is 30.9 Å². The Labute approximate surface area is 124 Å². The van der Waals surface area contributed by atoms with Gasteiger partial charge >= 0.3 is 0 Å². The molecule has 21 heavy (non-hydrogen) atoms. The normalized spacial score (nSPS) is 25.8. The summed E-state index contributed by atoms with van der Waals surface area (Å²) in [6.45, 7) is 2.22. The van der Waals surface area contributed by atoms with Gasteiger partial charge in [0.25, 0.3) is 0 Å². The van der Waals surface area contributed by atoms with Crippen molar-refractivity contribution in [2.75, 3.05) is 7.11 Å². The van der Waals surface area contributed by atoms with Crippen molar-refractivity contribution in [1.82, 2.24) is 10.1 Å². The summed E-state index contributed by atoms with van der Waals surface area (Å²) in [4.78, 5) is 4.53. The monoisotopic (exact) mass is 287 g/mol. The van der Waals surface area contributed by atoms with E-state index in [1.54, 1.807) is 7.11 Å². The van der Waals surface area contributed by atoms with Crippen LogP contribution in [-0.2, 0) is 5.54 Å². The lowest BCUT2D eigenvalue weighted by molar-refractivity contribution is 0.183. The van der Waals surface area contributed by atoms with Crippen molar-refractivity contribution < 1.29 is 9.26 Å². The van der Waals surface area contributed by atoms with E-state index in [0.29, 0.717) is 17.6 Å². The third kappa shape index (κ3) is 2.78. The zero-order chi connectivity index (χ0) is 14.9. The van der Waals surface area contributed by atoms with Gasteiger partial charge in [-0.3, -0.25) is 0 Å². The maximum Gasteiger partial charge on any atom is 0.247 e. The fraction of sp³-hybridized carbons (Fsp3) is 0.500. The Kier molecular flexibility index (Phi) is 3.68. The van der Waals surface area contributed by atoms with E-state index in [-0.39, 0.29) is 0 Å². The molecule has 1 aliphatic rings. The third-order valence-corrected chi connectivity index (χ3v) is 4.21. The van der Waals surface area contributed by atoms with E-state index >= 15 is 0 Å². The number of hydrogen-bond donors (Lipinski definition) is 1. The molecule has 2 atom stereocenters. The number of rotatable bonds is 3. The van der Waals surface area contributed by atoms with Crippen LogP contribution >= 0.6 is 0 Å². The second kappa shape index (κ2) is 5.48. The van der Waals surface area contributed by atoms with Gasteiger partial charge in [-0.25, -0.2) is 0 Å². The van der Waals surface area contributed by atoms with Crippen LogP contribution in [0.3, 0.4) is 0 Å². The molecule has 1 saturated carbocycles. The minimum Gasteiger partial charge on any atom is -0.497 e. The molecule has 0 aliphatic heterocycles. The van der Waals surface area contributed by atoms with Crippen LogP contribution in [0.4, 0.5) is 0 Å². The molecule has 0 amide bonds. The minimum absolute atomic E-state index is 0.484. The molecule has 2 aromatic rings. The van der Waals surface area contributed by atoms with Crippen molar-refractivity contribution in [1.29, 1.82) is 0 Å². The fourth-order valence-corrected chi connectivity index (χ4v) is 3.09. The Balaban J connectivity index is 1.89. The highest BCUT2D eigenvalue weighted by molar-refractivity contribution is 5.56. The topological polar surface area (TPSA) is 74.2 Å². The Morgan fingerprint density at radius 2 is 2.29 bits per heavy atom. The average Bonchev–Trinajstić information content (AvgIpc) is 2.98. The zero-order valence-corrected chi connectivity index (χ0v) is 12.5. The molecule has 1 aromatic carbocycles. The molecule has 1 heterocycles. The van der Waals surface area contributed by atoms with Gasteiger partial charge in [-0.1, -0.05) is 37.1 Å². The van der Waals surface area contributed by atoms with Crippen molar-refractivity contribution in [2.45, 2.75) is 38.1 Å². The maximum absolute atomic E-state index is 6.50. The number of benzene rings is 1. The van der Waals surface area contributed by atoms with Crippen LogP contribution in [0.2, 0.25) is 0 Å². The molecule has 0 saturated heterocycles. The molecular formula is C16H21N3O2. The number of hydrogen-bond acceptors (Lipinski definition) is 5. The van der Waals surface area contributed by atoms with Crippen LogP contribution < -0.4 is 10.5 Å². The van der Waals surface area contributed by atoms with E-state index in [2.05, 4.69) is 17.1 Å². The van der Waals surface area contributed by atoms with Gasteiger partial charge < -0.3 is 15.0 Å².